The highest BCUT2D eigenvalue weighted by atomic mass is 16.5. The summed E-state index contributed by atoms with van der Waals surface area (Å²) in [5.41, 5.74) is 0. The van der Waals surface area contributed by atoms with Crippen LogP contribution in [0.1, 0.15) is 38.5 Å². The van der Waals surface area contributed by atoms with Crippen molar-refractivity contribution in [1.29, 1.82) is 0 Å². The zero-order valence-electron chi connectivity index (χ0n) is 16.9. The minimum Gasteiger partial charge on any atom is -0.465 e. The summed E-state index contributed by atoms with van der Waals surface area (Å²) in [5.74, 6) is 0.119. The lowest BCUT2D eigenvalue weighted by Crippen LogP contribution is -2.52. The largest absolute Gasteiger partial charge is 0.465 e. The normalized spacial score (nSPS) is 24.3. The van der Waals surface area contributed by atoms with Gasteiger partial charge in [0, 0.05) is 64.8 Å². The number of piperazine rings is 1. The topological polar surface area (TPSA) is 56.3 Å². The van der Waals surface area contributed by atoms with Crippen LogP contribution in [0.15, 0.2) is 0 Å². The molecule has 0 aliphatic carbocycles. The van der Waals surface area contributed by atoms with Gasteiger partial charge in [0.15, 0.2) is 0 Å². The van der Waals surface area contributed by atoms with E-state index in [0.29, 0.717) is 32.2 Å². The first kappa shape index (κ1) is 20.6. The second-order valence-corrected chi connectivity index (χ2v) is 8.26. The van der Waals surface area contributed by atoms with Gasteiger partial charge in [0.1, 0.15) is 0 Å². The van der Waals surface area contributed by atoms with E-state index in [1.54, 1.807) is 0 Å². The number of carbonyl (C=O) groups excluding carboxylic acids is 2. The van der Waals surface area contributed by atoms with Crippen molar-refractivity contribution in [1.82, 2.24) is 19.6 Å². The van der Waals surface area contributed by atoms with E-state index in [2.05, 4.69) is 21.7 Å². The van der Waals surface area contributed by atoms with Gasteiger partial charge in [-0.15, -0.1) is 0 Å². The quantitative estimate of drug-likeness (QED) is 0.477. The molecule has 3 saturated heterocycles. The summed E-state index contributed by atoms with van der Waals surface area (Å²) in [7, 11) is 2.19. The molecule has 0 aromatic carbocycles. The Bertz CT molecular complexity index is 486. The summed E-state index contributed by atoms with van der Waals surface area (Å²) >= 11 is 0. The van der Waals surface area contributed by atoms with E-state index >= 15 is 0 Å². The number of hydrogen-bond donors (Lipinski definition) is 0. The van der Waals surface area contributed by atoms with Crippen molar-refractivity contribution >= 4 is 11.9 Å². The Kier molecular flexibility index (Phi) is 7.91. The average molecular weight is 381 g/mol. The lowest BCUT2D eigenvalue weighted by Gasteiger charge is -2.41. The van der Waals surface area contributed by atoms with Gasteiger partial charge in [-0.1, -0.05) is 0 Å². The number of rotatable bonds is 7. The number of piperidine rings is 2. The molecule has 7 heteroatoms. The van der Waals surface area contributed by atoms with Gasteiger partial charge < -0.3 is 14.5 Å². The van der Waals surface area contributed by atoms with Crippen LogP contribution in [0.2, 0.25) is 0 Å². The van der Waals surface area contributed by atoms with Gasteiger partial charge in [-0.05, 0) is 39.2 Å². The summed E-state index contributed by atoms with van der Waals surface area (Å²) < 4.78 is 5.39. The highest BCUT2D eigenvalue weighted by Crippen LogP contribution is 2.18. The van der Waals surface area contributed by atoms with Crippen molar-refractivity contribution in [2.45, 2.75) is 44.6 Å². The van der Waals surface area contributed by atoms with Crippen molar-refractivity contribution < 1.29 is 14.3 Å². The lowest BCUT2D eigenvalue weighted by atomic mass is 10.0. The van der Waals surface area contributed by atoms with Gasteiger partial charge >= 0.3 is 5.97 Å². The minimum atomic E-state index is -0.127. The molecule has 0 atom stereocenters. The van der Waals surface area contributed by atoms with E-state index in [1.165, 1.54) is 13.1 Å². The fourth-order valence-corrected chi connectivity index (χ4v) is 4.40. The number of nitrogens with zero attached hydrogens (tertiary/aromatic N) is 4. The van der Waals surface area contributed by atoms with Crippen LogP contribution >= 0.6 is 0 Å². The number of amides is 1. The first-order valence-electron chi connectivity index (χ1n) is 10.7. The molecule has 154 valence electrons. The highest BCUT2D eigenvalue weighted by Gasteiger charge is 2.27. The van der Waals surface area contributed by atoms with Gasteiger partial charge in [0.2, 0.25) is 5.91 Å². The summed E-state index contributed by atoms with van der Waals surface area (Å²) in [6.07, 6.45) is 5.81. The smallest absolute Gasteiger partial charge is 0.320 e. The molecule has 0 radical (unpaired) electrons. The molecule has 3 fully saturated rings. The average Bonchev–Trinajstić information content (AvgIpc) is 2.68. The van der Waals surface area contributed by atoms with E-state index in [0.717, 1.165) is 64.8 Å². The summed E-state index contributed by atoms with van der Waals surface area (Å²) in [6, 6.07) is 0.674. The van der Waals surface area contributed by atoms with Gasteiger partial charge in [0.25, 0.3) is 0 Å². The first-order valence-corrected chi connectivity index (χ1v) is 10.7. The number of carbonyl (C=O) groups is 2. The molecule has 0 spiro atoms. The van der Waals surface area contributed by atoms with E-state index in [1.807, 2.05) is 4.90 Å². The second-order valence-electron chi connectivity index (χ2n) is 8.26. The summed E-state index contributed by atoms with van der Waals surface area (Å²) in [6.45, 7) is 9.01. The van der Waals surface area contributed by atoms with Crippen molar-refractivity contribution in [3.63, 3.8) is 0 Å². The Balaban J connectivity index is 1.25. The zero-order valence-corrected chi connectivity index (χ0v) is 16.9. The molecular weight excluding hydrogens is 344 g/mol. The molecule has 0 saturated carbocycles. The van der Waals surface area contributed by atoms with Crippen LogP contribution in [0.3, 0.4) is 0 Å². The highest BCUT2D eigenvalue weighted by molar-refractivity contribution is 5.76. The molecule has 3 heterocycles. The molecule has 0 unspecified atom stereocenters. The molecule has 7 nitrogen and oxygen atoms in total. The molecule has 0 bridgehead atoms. The summed E-state index contributed by atoms with van der Waals surface area (Å²) in [4.78, 5) is 33.0. The van der Waals surface area contributed by atoms with Crippen molar-refractivity contribution in [2.24, 2.45) is 0 Å². The minimum absolute atomic E-state index is 0.127. The van der Waals surface area contributed by atoms with Crippen LogP contribution in [-0.4, -0.2) is 110 Å². The summed E-state index contributed by atoms with van der Waals surface area (Å²) in [5, 5.41) is 0. The van der Waals surface area contributed by atoms with Crippen molar-refractivity contribution in [2.75, 3.05) is 72.6 Å². The third-order valence-corrected chi connectivity index (χ3v) is 6.22. The third kappa shape index (κ3) is 6.43. The van der Waals surface area contributed by atoms with Crippen LogP contribution in [0.5, 0.6) is 0 Å². The standard InChI is InChI=1S/C20H36N4O3/c1-21-12-14-23(15-13-21)18-6-10-22(11-7-18)17-20(26)27-16-4-9-24-8-3-2-5-19(24)25/h18H,2-17H2,1H3. The van der Waals surface area contributed by atoms with Crippen LogP contribution < -0.4 is 0 Å². The molecule has 0 N–H and O–H groups in total. The van der Waals surface area contributed by atoms with Crippen LogP contribution in [0.4, 0.5) is 0 Å². The molecule has 3 aliphatic heterocycles. The molecule has 1 amide bonds. The van der Waals surface area contributed by atoms with Gasteiger partial charge in [0.05, 0.1) is 13.2 Å². The monoisotopic (exact) mass is 380 g/mol. The number of esters is 1. The number of likely N-dealkylation sites (tertiary alicyclic amines) is 2. The maximum Gasteiger partial charge on any atom is 0.320 e. The Hall–Kier alpha value is -1.18. The zero-order chi connectivity index (χ0) is 19.1. The Morgan fingerprint density at radius 1 is 1.04 bits per heavy atom. The molecular formula is C20H36N4O3. The fourth-order valence-electron chi connectivity index (χ4n) is 4.40. The lowest BCUT2D eigenvalue weighted by molar-refractivity contribution is -0.145. The molecule has 0 aromatic rings. The number of hydrogen-bond acceptors (Lipinski definition) is 6. The molecule has 3 rings (SSSR count). The van der Waals surface area contributed by atoms with Gasteiger partial charge in [-0.25, -0.2) is 0 Å². The van der Waals surface area contributed by atoms with E-state index < -0.39 is 0 Å². The maximum atomic E-state index is 12.1. The van der Waals surface area contributed by atoms with E-state index in [9.17, 15) is 9.59 Å². The van der Waals surface area contributed by atoms with Crippen molar-refractivity contribution in [3.8, 4) is 0 Å². The van der Waals surface area contributed by atoms with Crippen LogP contribution in [-0.2, 0) is 14.3 Å². The Labute approximate surface area is 163 Å². The van der Waals surface area contributed by atoms with E-state index in [-0.39, 0.29) is 11.9 Å². The fraction of sp³-hybridized carbons (Fsp3) is 0.900. The van der Waals surface area contributed by atoms with Crippen LogP contribution in [0, 0.1) is 0 Å². The predicted molar refractivity (Wildman–Crippen MR) is 105 cm³/mol. The maximum absolute atomic E-state index is 12.1. The number of likely N-dealkylation sites (N-methyl/N-ethyl adjacent to an activating group) is 1. The van der Waals surface area contributed by atoms with Crippen LogP contribution in [0.25, 0.3) is 0 Å². The third-order valence-electron chi connectivity index (χ3n) is 6.22. The molecule has 0 aromatic heterocycles. The Morgan fingerprint density at radius 2 is 1.78 bits per heavy atom. The predicted octanol–water partition coefficient (Wildman–Crippen LogP) is 0.644. The second kappa shape index (κ2) is 10.4. The van der Waals surface area contributed by atoms with Gasteiger partial charge in [-0.3, -0.25) is 19.4 Å². The Morgan fingerprint density at radius 3 is 2.48 bits per heavy atom. The number of ether oxygens (including phenoxy) is 1. The molecule has 27 heavy (non-hydrogen) atoms. The SMILES string of the molecule is CN1CCN(C2CCN(CC(=O)OCCCN3CCCCC3=O)CC2)CC1. The first-order chi connectivity index (χ1) is 13.1. The van der Waals surface area contributed by atoms with Gasteiger partial charge in [-0.2, -0.15) is 0 Å². The molecule has 3 aliphatic rings. The van der Waals surface area contributed by atoms with E-state index in [4.69, 9.17) is 4.74 Å². The van der Waals surface area contributed by atoms with Crippen molar-refractivity contribution in [3.05, 3.63) is 0 Å².